The van der Waals surface area contributed by atoms with E-state index in [9.17, 15) is 4.79 Å². The van der Waals surface area contributed by atoms with E-state index in [4.69, 9.17) is 0 Å². The Bertz CT molecular complexity index is 451. The lowest BCUT2D eigenvalue weighted by atomic mass is 9.86. The van der Waals surface area contributed by atoms with E-state index in [0.29, 0.717) is 0 Å². The summed E-state index contributed by atoms with van der Waals surface area (Å²) in [6.45, 7) is 1.94. The maximum absolute atomic E-state index is 12.6. The molecule has 1 aromatic rings. The van der Waals surface area contributed by atoms with Gasteiger partial charge in [0.15, 0.2) is 0 Å². The minimum Gasteiger partial charge on any atom is -0.346 e. The average Bonchev–Trinajstić information content (AvgIpc) is 2.99. The maximum Gasteiger partial charge on any atom is 0.223 e. The fourth-order valence-corrected chi connectivity index (χ4v) is 3.64. The van der Waals surface area contributed by atoms with Crippen LogP contribution in [-0.2, 0) is 10.3 Å². The predicted molar refractivity (Wildman–Crippen MR) is 87.6 cm³/mol. The largest absolute Gasteiger partial charge is 0.346 e. The number of nitrogens with one attached hydrogen (secondary N) is 2. The van der Waals surface area contributed by atoms with Gasteiger partial charge in [0.1, 0.15) is 0 Å². The van der Waals surface area contributed by atoms with Crippen molar-refractivity contribution in [1.82, 2.24) is 10.6 Å². The molecular formula is C17H25ClN2O. The number of carbonyl (C=O) groups excluding carboxylic acids is 1. The Morgan fingerprint density at radius 2 is 1.71 bits per heavy atom. The molecule has 1 aliphatic heterocycles. The molecule has 0 radical (unpaired) electrons. The molecule has 1 amide bonds. The van der Waals surface area contributed by atoms with E-state index in [1.165, 1.54) is 18.4 Å². The highest BCUT2D eigenvalue weighted by Crippen LogP contribution is 2.39. The molecule has 0 bridgehead atoms. The van der Waals surface area contributed by atoms with Gasteiger partial charge in [-0.3, -0.25) is 4.79 Å². The van der Waals surface area contributed by atoms with Crippen LogP contribution in [0.1, 0.15) is 44.1 Å². The average molecular weight is 309 g/mol. The van der Waals surface area contributed by atoms with Crippen LogP contribution in [0.4, 0.5) is 0 Å². The van der Waals surface area contributed by atoms with Gasteiger partial charge in [0.25, 0.3) is 0 Å². The summed E-state index contributed by atoms with van der Waals surface area (Å²) in [6, 6.07) is 10.5. The van der Waals surface area contributed by atoms with Gasteiger partial charge in [-0.05, 0) is 44.3 Å². The zero-order valence-corrected chi connectivity index (χ0v) is 13.3. The smallest absolute Gasteiger partial charge is 0.223 e. The molecule has 116 valence electrons. The van der Waals surface area contributed by atoms with E-state index in [1.807, 2.05) is 6.07 Å². The number of rotatable bonds is 3. The zero-order chi connectivity index (χ0) is 13.8. The molecule has 21 heavy (non-hydrogen) atoms. The lowest BCUT2D eigenvalue weighted by Gasteiger charge is -2.33. The third-order valence-corrected chi connectivity index (χ3v) is 4.86. The van der Waals surface area contributed by atoms with Gasteiger partial charge in [-0.25, -0.2) is 0 Å². The molecule has 2 N–H and O–H groups in total. The Morgan fingerprint density at radius 1 is 1.10 bits per heavy atom. The molecule has 2 fully saturated rings. The minimum absolute atomic E-state index is 0. The molecule has 0 aromatic heterocycles. The Balaban J connectivity index is 0.00000161. The maximum atomic E-state index is 12.6. The first-order valence-corrected chi connectivity index (χ1v) is 7.88. The number of hydrogen-bond acceptors (Lipinski definition) is 2. The van der Waals surface area contributed by atoms with E-state index in [1.54, 1.807) is 0 Å². The topological polar surface area (TPSA) is 41.1 Å². The van der Waals surface area contributed by atoms with E-state index < -0.39 is 0 Å². The molecule has 1 heterocycles. The lowest BCUT2D eigenvalue weighted by Crippen LogP contribution is -2.48. The molecular weight excluding hydrogens is 284 g/mol. The highest BCUT2D eigenvalue weighted by atomic mass is 35.5. The van der Waals surface area contributed by atoms with E-state index in [2.05, 4.69) is 34.9 Å². The Morgan fingerprint density at radius 3 is 2.33 bits per heavy atom. The quantitative estimate of drug-likeness (QED) is 0.901. The van der Waals surface area contributed by atoms with Gasteiger partial charge in [0.2, 0.25) is 5.91 Å². The van der Waals surface area contributed by atoms with Crippen molar-refractivity contribution in [3.8, 4) is 0 Å². The normalized spacial score (nSPS) is 21.5. The second-order valence-corrected chi connectivity index (χ2v) is 6.17. The summed E-state index contributed by atoms with van der Waals surface area (Å²) in [4.78, 5) is 12.6. The van der Waals surface area contributed by atoms with Crippen LogP contribution in [-0.4, -0.2) is 19.0 Å². The van der Waals surface area contributed by atoms with Gasteiger partial charge < -0.3 is 10.6 Å². The van der Waals surface area contributed by atoms with E-state index >= 15 is 0 Å². The minimum atomic E-state index is -0.108. The summed E-state index contributed by atoms with van der Waals surface area (Å²) < 4.78 is 0. The number of piperidine rings is 1. The molecule has 1 aromatic carbocycles. The number of halogens is 1. The Labute approximate surface area is 133 Å². The first-order valence-electron chi connectivity index (χ1n) is 7.88. The molecule has 0 atom stereocenters. The highest BCUT2D eigenvalue weighted by molar-refractivity contribution is 5.85. The van der Waals surface area contributed by atoms with Crippen molar-refractivity contribution in [2.45, 2.75) is 44.1 Å². The van der Waals surface area contributed by atoms with E-state index in [0.717, 1.165) is 38.8 Å². The number of carbonyl (C=O) groups is 1. The second kappa shape index (κ2) is 7.28. The number of amides is 1. The SMILES string of the molecule is Cl.O=C(NC1(c2ccccc2)CCCC1)C1CCNCC1. The molecule has 1 saturated carbocycles. The number of hydrogen-bond donors (Lipinski definition) is 2. The summed E-state index contributed by atoms with van der Waals surface area (Å²) in [5, 5.41) is 6.74. The second-order valence-electron chi connectivity index (χ2n) is 6.17. The lowest BCUT2D eigenvalue weighted by molar-refractivity contribution is -0.127. The standard InChI is InChI=1S/C17H24N2O.ClH/c20-16(14-8-12-18-13-9-14)19-17(10-4-5-11-17)15-6-2-1-3-7-15;/h1-3,6-7,14,18H,4-5,8-13H2,(H,19,20);1H. The van der Waals surface area contributed by atoms with Crippen LogP contribution in [0, 0.1) is 5.92 Å². The third-order valence-electron chi connectivity index (χ3n) is 4.86. The molecule has 2 aliphatic rings. The van der Waals surface area contributed by atoms with Crippen molar-refractivity contribution in [3.05, 3.63) is 35.9 Å². The first kappa shape index (κ1) is 16.3. The van der Waals surface area contributed by atoms with Gasteiger partial charge in [-0.2, -0.15) is 0 Å². The third kappa shape index (κ3) is 3.58. The zero-order valence-electron chi connectivity index (χ0n) is 12.4. The van der Waals surface area contributed by atoms with E-state index in [-0.39, 0.29) is 29.8 Å². The monoisotopic (exact) mass is 308 g/mol. The van der Waals surface area contributed by atoms with Crippen molar-refractivity contribution in [2.75, 3.05) is 13.1 Å². The summed E-state index contributed by atoms with van der Waals surface area (Å²) in [7, 11) is 0. The summed E-state index contributed by atoms with van der Waals surface area (Å²) in [6.07, 6.45) is 6.51. The van der Waals surface area contributed by atoms with Crippen LogP contribution < -0.4 is 10.6 Å². The van der Waals surface area contributed by atoms with Gasteiger partial charge in [-0.1, -0.05) is 43.2 Å². The molecule has 1 saturated heterocycles. The summed E-state index contributed by atoms with van der Waals surface area (Å²) in [5.41, 5.74) is 1.17. The van der Waals surface area contributed by atoms with Gasteiger partial charge >= 0.3 is 0 Å². The fraction of sp³-hybridized carbons (Fsp3) is 0.588. The molecule has 3 rings (SSSR count). The van der Waals surface area contributed by atoms with Gasteiger partial charge in [-0.15, -0.1) is 12.4 Å². The highest BCUT2D eigenvalue weighted by Gasteiger charge is 2.38. The van der Waals surface area contributed by atoms with Crippen molar-refractivity contribution in [1.29, 1.82) is 0 Å². The van der Waals surface area contributed by atoms with Crippen LogP contribution in [0.2, 0.25) is 0 Å². The van der Waals surface area contributed by atoms with Crippen LogP contribution in [0.25, 0.3) is 0 Å². The van der Waals surface area contributed by atoms with Crippen LogP contribution in [0.3, 0.4) is 0 Å². The van der Waals surface area contributed by atoms with Crippen LogP contribution in [0.5, 0.6) is 0 Å². The van der Waals surface area contributed by atoms with Crippen molar-refractivity contribution in [3.63, 3.8) is 0 Å². The van der Waals surface area contributed by atoms with Gasteiger partial charge in [0, 0.05) is 5.92 Å². The summed E-state index contributed by atoms with van der Waals surface area (Å²) >= 11 is 0. The van der Waals surface area contributed by atoms with Crippen LogP contribution in [0.15, 0.2) is 30.3 Å². The fourth-order valence-electron chi connectivity index (χ4n) is 3.64. The number of benzene rings is 1. The predicted octanol–water partition coefficient (Wildman–Crippen LogP) is 2.99. The molecule has 1 aliphatic carbocycles. The molecule has 4 heteroatoms. The Kier molecular flexibility index (Phi) is 5.65. The van der Waals surface area contributed by atoms with Crippen molar-refractivity contribution < 1.29 is 4.79 Å². The summed E-state index contributed by atoms with van der Waals surface area (Å²) in [5.74, 6) is 0.453. The van der Waals surface area contributed by atoms with Crippen molar-refractivity contribution in [2.24, 2.45) is 5.92 Å². The molecule has 0 unspecified atom stereocenters. The molecule has 3 nitrogen and oxygen atoms in total. The first-order chi connectivity index (χ1) is 9.80. The van der Waals surface area contributed by atoms with Crippen molar-refractivity contribution >= 4 is 18.3 Å². The van der Waals surface area contributed by atoms with Crippen LogP contribution >= 0.6 is 12.4 Å². The van der Waals surface area contributed by atoms with Gasteiger partial charge in [0.05, 0.1) is 5.54 Å². The Hall–Kier alpha value is -1.06. The molecule has 0 spiro atoms.